The fourth-order valence-electron chi connectivity index (χ4n) is 2.95. The van der Waals surface area contributed by atoms with E-state index in [-0.39, 0.29) is 5.91 Å². The first kappa shape index (κ1) is 14.5. The molecule has 0 N–H and O–H groups in total. The molecule has 0 aliphatic carbocycles. The van der Waals surface area contributed by atoms with Crippen molar-refractivity contribution in [3.63, 3.8) is 0 Å². The van der Waals surface area contributed by atoms with E-state index < -0.39 is 0 Å². The van der Waals surface area contributed by atoms with Crippen molar-refractivity contribution in [2.24, 2.45) is 0 Å². The Labute approximate surface area is 138 Å². The van der Waals surface area contributed by atoms with Crippen molar-refractivity contribution in [1.82, 2.24) is 24.8 Å². The van der Waals surface area contributed by atoms with Gasteiger partial charge in [-0.05, 0) is 12.5 Å². The lowest BCUT2D eigenvalue weighted by Gasteiger charge is -2.19. The maximum Gasteiger partial charge on any atom is 0.274 e. The smallest absolute Gasteiger partial charge is 0.274 e. The maximum atomic E-state index is 12.6. The molecule has 0 saturated carbocycles. The molecule has 120 valence electrons. The molecule has 0 bridgehead atoms. The Morgan fingerprint density at radius 3 is 2.83 bits per heavy atom. The summed E-state index contributed by atoms with van der Waals surface area (Å²) >= 11 is 0. The first-order chi connectivity index (χ1) is 11.8. The van der Waals surface area contributed by atoms with Crippen molar-refractivity contribution >= 4 is 5.91 Å². The number of amides is 1. The molecule has 0 unspecified atom stereocenters. The summed E-state index contributed by atoms with van der Waals surface area (Å²) in [5, 5.41) is 0. The Balaban J connectivity index is 1.61. The lowest BCUT2D eigenvalue weighted by molar-refractivity contribution is 0.0756. The largest absolute Gasteiger partial charge is 0.472 e. The van der Waals surface area contributed by atoms with Crippen LogP contribution in [0.5, 0.6) is 0 Å². The van der Waals surface area contributed by atoms with E-state index in [0.29, 0.717) is 31.6 Å². The second-order valence-electron chi connectivity index (χ2n) is 5.54. The van der Waals surface area contributed by atoms with Crippen molar-refractivity contribution in [2.45, 2.75) is 12.8 Å². The minimum atomic E-state index is -0.103. The summed E-state index contributed by atoms with van der Waals surface area (Å²) in [5.41, 5.74) is 4.23. The molecule has 3 aromatic rings. The molecule has 0 aromatic carbocycles. The van der Waals surface area contributed by atoms with Crippen LogP contribution in [0.1, 0.15) is 21.7 Å². The van der Waals surface area contributed by atoms with E-state index in [1.807, 2.05) is 6.07 Å². The summed E-state index contributed by atoms with van der Waals surface area (Å²) in [4.78, 5) is 31.3. The molecule has 0 radical (unpaired) electrons. The summed E-state index contributed by atoms with van der Waals surface area (Å²) < 4.78 is 5.17. The molecule has 7 nitrogen and oxygen atoms in total. The van der Waals surface area contributed by atoms with Crippen molar-refractivity contribution < 1.29 is 9.21 Å². The third-order valence-corrected chi connectivity index (χ3v) is 4.15. The predicted octanol–water partition coefficient (Wildman–Crippen LogP) is 1.77. The average Bonchev–Trinajstić information content (AvgIpc) is 3.08. The lowest BCUT2D eigenvalue weighted by Crippen LogP contribution is -2.33. The van der Waals surface area contributed by atoms with Gasteiger partial charge in [0.2, 0.25) is 0 Å². The molecule has 3 aromatic heterocycles. The molecular formula is C17H15N5O2. The summed E-state index contributed by atoms with van der Waals surface area (Å²) in [7, 11) is 0. The number of furan rings is 1. The molecule has 0 fully saturated rings. The van der Waals surface area contributed by atoms with E-state index in [1.54, 1.807) is 30.0 Å². The van der Waals surface area contributed by atoms with E-state index >= 15 is 0 Å². The zero-order chi connectivity index (χ0) is 16.4. The van der Waals surface area contributed by atoms with Crippen LogP contribution in [-0.4, -0.2) is 43.8 Å². The highest BCUT2D eigenvalue weighted by atomic mass is 16.3. The standard InChI is InChI=1S/C17H15N5O2/c23-17(15-9-18-4-5-19-15)22-6-1-13-14(2-7-22)20-11-21-16(13)12-3-8-24-10-12/h3-5,8-11H,1-2,6-7H2. The molecule has 0 spiro atoms. The van der Waals surface area contributed by atoms with Gasteiger partial charge in [0.05, 0.1) is 24.4 Å². The Bertz CT molecular complexity index is 849. The van der Waals surface area contributed by atoms with Gasteiger partial charge in [-0.1, -0.05) is 0 Å². The van der Waals surface area contributed by atoms with Gasteiger partial charge in [0.15, 0.2) is 0 Å². The van der Waals surface area contributed by atoms with Crippen LogP contribution in [0, 0.1) is 0 Å². The second-order valence-corrected chi connectivity index (χ2v) is 5.54. The summed E-state index contributed by atoms with van der Waals surface area (Å²) in [6.07, 6.45) is 10.8. The first-order valence-electron chi connectivity index (χ1n) is 7.73. The van der Waals surface area contributed by atoms with Crippen LogP contribution in [0.4, 0.5) is 0 Å². The number of aromatic nitrogens is 4. The minimum Gasteiger partial charge on any atom is -0.472 e. The van der Waals surface area contributed by atoms with Gasteiger partial charge in [0, 0.05) is 48.7 Å². The Morgan fingerprint density at radius 1 is 1.12 bits per heavy atom. The highest BCUT2D eigenvalue weighted by Gasteiger charge is 2.23. The Hall–Kier alpha value is -3.09. The zero-order valence-electron chi connectivity index (χ0n) is 12.9. The average molecular weight is 321 g/mol. The molecule has 1 aliphatic rings. The van der Waals surface area contributed by atoms with Gasteiger partial charge >= 0.3 is 0 Å². The van der Waals surface area contributed by atoms with Crippen molar-refractivity contribution in [2.75, 3.05) is 13.1 Å². The van der Waals surface area contributed by atoms with Gasteiger partial charge in [0.1, 0.15) is 12.0 Å². The number of hydrogen-bond donors (Lipinski definition) is 0. The number of carbonyl (C=O) groups is 1. The SMILES string of the molecule is O=C(c1cnccn1)N1CCc2ncnc(-c3ccoc3)c2CC1. The van der Waals surface area contributed by atoms with Crippen LogP contribution in [0.2, 0.25) is 0 Å². The molecule has 0 saturated heterocycles. The van der Waals surface area contributed by atoms with Crippen molar-refractivity contribution in [1.29, 1.82) is 0 Å². The fraction of sp³-hybridized carbons (Fsp3) is 0.235. The summed E-state index contributed by atoms with van der Waals surface area (Å²) in [6.45, 7) is 1.20. The third kappa shape index (κ3) is 2.64. The van der Waals surface area contributed by atoms with Crippen LogP contribution in [0.25, 0.3) is 11.3 Å². The van der Waals surface area contributed by atoms with Gasteiger partial charge < -0.3 is 9.32 Å². The third-order valence-electron chi connectivity index (χ3n) is 4.15. The molecule has 24 heavy (non-hydrogen) atoms. The summed E-state index contributed by atoms with van der Waals surface area (Å²) in [6, 6.07) is 1.88. The number of rotatable bonds is 2. The highest BCUT2D eigenvalue weighted by Crippen LogP contribution is 2.26. The van der Waals surface area contributed by atoms with Crippen LogP contribution >= 0.6 is 0 Å². The van der Waals surface area contributed by atoms with Crippen LogP contribution < -0.4 is 0 Å². The maximum absolute atomic E-state index is 12.6. The molecule has 4 rings (SSSR count). The van der Waals surface area contributed by atoms with Gasteiger partial charge in [-0.25, -0.2) is 15.0 Å². The van der Waals surface area contributed by atoms with E-state index in [9.17, 15) is 4.79 Å². The molecule has 0 atom stereocenters. The van der Waals surface area contributed by atoms with E-state index in [4.69, 9.17) is 4.42 Å². The van der Waals surface area contributed by atoms with Gasteiger partial charge in [0.25, 0.3) is 5.91 Å². The normalized spacial score (nSPS) is 14.1. The van der Waals surface area contributed by atoms with E-state index in [1.165, 1.54) is 12.4 Å². The number of hydrogen-bond acceptors (Lipinski definition) is 6. The predicted molar refractivity (Wildman–Crippen MR) is 85.1 cm³/mol. The van der Waals surface area contributed by atoms with Crippen LogP contribution in [-0.2, 0) is 12.8 Å². The first-order valence-corrected chi connectivity index (χ1v) is 7.73. The molecule has 1 aliphatic heterocycles. The second kappa shape index (κ2) is 6.19. The zero-order valence-corrected chi connectivity index (χ0v) is 12.9. The monoisotopic (exact) mass is 321 g/mol. The lowest BCUT2D eigenvalue weighted by atomic mass is 10.0. The van der Waals surface area contributed by atoms with E-state index in [2.05, 4.69) is 19.9 Å². The van der Waals surface area contributed by atoms with Crippen LogP contribution in [0.3, 0.4) is 0 Å². The van der Waals surface area contributed by atoms with Gasteiger partial charge in [-0.15, -0.1) is 0 Å². The van der Waals surface area contributed by atoms with Crippen molar-refractivity contribution in [3.8, 4) is 11.3 Å². The highest BCUT2D eigenvalue weighted by molar-refractivity contribution is 5.92. The summed E-state index contributed by atoms with van der Waals surface area (Å²) in [5.74, 6) is -0.103. The Kier molecular flexibility index (Phi) is 3.74. The Morgan fingerprint density at radius 2 is 2.04 bits per heavy atom. The minimum absolute atomic E-state index is 0.103. The molecular weight excluding hydrogens is 306 g/mol. The molecule has 4 heterocycles. The fourth-order valence-corrected chi connectivity index (χ4v) is 2.95. The van der Waals surface area contributed by atoms with E-state index in [0.717, 1.165) is 22.5 Å². The molecule has 7 heteroatoms. The number of fused-ring (bicyclic) bond motifs is 1. The van der Waals surface area contributed by atoms with Crippen molar-refractivity contribution in [3.05, 3.63) is 60.5 Å². The topological polar surface area (TPSA) is 85.0 Å². The number of nitrogens with zero attached hydrogens (tertiary/aromatic N) is 5. The van der Waals surface area contributed by atoms with Gasteiger partial charge in [-0.2, -0.15) is 0 Å². The number of carbonyl (C=O) groups excluding carboxylic acids is 1. The van der Waals surface area contributed by atoms with Gasteiger partial charge in [-0.3, -0.25) is 9.78 Å². The van der Waals surface area contributed by atoms with Crippen LogP contribution in [0.15, 0.2) is 47.9 Å². The quantitative estimate of drug-likeness (QED) is 0.715. The molecule has 1 amide bonds.